The summed E-state index contributed by atoms with van der Waals surface area (Å²) >= 11 is 3.59. The van der Waals surface area contributed by atoms with Gasteiger partial charge in [0.25, 0.3) is 0 Å². The van der Waals surface area contributed by atoms with Crippen LogP contribution in [0.25, 0.3) is 10.8 Å². The summed E-state index contributed by atoms with van der Waals surface area (Å²) in [5.41, 5.74) is 1.19. The van der Waals surface area contributed by atoms with Gasteiger partial charge in [0, 0.05) is 18.1 Å². The van der Waals surface area contributed by atoms with Gasteiger partial charge in [-0.15, -0.1) is 0 Å². The molecule has 0 fully saturated rings. The average Bonchev–Trinajstić information content (AvgIpc) is 2.50. The van der Waals surface area contributed by atoms with E-state index in [-0.39, 0.29) is 0 Å². The largest absolute Gasteiger partial charge is 0.325 e. The minimum atomic E-state index is 0.865. The van der Waals surface area contributed by atoms with Crippen LogP contribution in [0, 0.1) is 0 Å². The fourth-order valence-corrected chi connectivity index (χ4v) is 2.92. The smallest absolute Gasteiger partial charge is 0.147 e. The van der Waals surface area contributed by atoms with Crippen molar-refractivity contribution in [1.29, 1.82) is 0 Å². The van der Waals surface area contributed by atoms with Gasteiger partial charge in [-0.1, -0.05) is 36.4 Å². The summed E-state index contributed by atoms with van der Waals surface area (Å²) in [6.07, 6.45) is 1.83. The van der Waals surface area contributed by atoms with E-state index in [0.29, 0.717) is 0 Å². The molecule has 0 saturated carbocycles. The Labute approximate surface area is 127 Å². The van der Waals surface area contributed by atoms with Gasteiger partial charge >= 0.3 is 0 Å². The zero-order chi connectivity index (χ0) is 13.9. The first-order chi connectivity index (χ1) is 9.81. The van der Waals surface area contributed by atoms with Crippen molar-refractivity contribution in [2.75, 3.05) is 11.4 Å². The Bertz CT molecular complexity index is 734. The standard InChI is InChI=1S/C17H15BrN2/c1-2-20(17-15(18)10-6-12-19-17)16-11-5-8-13-7-3-4-9-14(13)16/h3-12H,2H2,1H3. The molecule has 0 saturated heterocycles. The molecule has 0 radical (unpaired) electrons. The van der Waals surface area contributed by atoms with Crippen LogP contribution >= 0.6 is 15.9 Å². The highest BCUT2D eigenvalue weighted by atomic mass is 79.9. The van der Waals surface area contributed by atoms with E-state index in [0.717, 1.165) is 16.8 Å². The maximum absolute atomic E-state index is 4.51. The van der Waals surface area contributed by atoms with E-state index >= 15 is 0 Å². The van der Waals surface area contributed by atoms with Gasteiger partial charge in [-0.25, -0.2) is 4.98 Å². The van der Waals surface area contributed by atoms with Gasteiger partial charge < -0.3 is 4.90 Å². The van der Waals surface area contributed by atoms with Crippen molar-refractivity contribution in [1.82, 2.24) is 4.98 Å². The second-order valence-corrected chi connectivity index (χ2v) is 5.41. The molecule has 0 bridgehead atoms. The molecule has 0 aliphatic heterocycles. The zero-order valence-electron chi connectivity index (χ0n) is 11.3. The highest BCUT2D eigenvalue weighted by Crippen LogP contribution is 2.34. The molecule has 0 aliphatic rings. The minimum Gasteiger partial charge on any atom is -0.325 e. The molecule has 3 heteroatoms. The van der Waals surface area contributed by atoms with Crippen LogP contribution in [0.15, 0.2) is 65.3 Å². The fourth-order valence-electron chi connectivity index (χ4n) is 2.45. The second-order valence-electron chi connectivity index (χ2n) is 4.55. The number of benzene rings is 2. The van der Waals surface area contributed by atoms with E-state index in [4.69, 9.17) is 0 Å². The summed E-state index contributed by atoms with van der Waals surface area (Å²) in [6.45, 7) is 3.01. The molecule has 0 atom stereocenters. The van der Waals surface area contributed by atoms with E-state index in [2.05, 4.69) is 75.2 Å². The monoisotopic (exact) mass is 326 g/mol. The highest BCUT2D eigenvalue weighted by molar-refractivity contribution is 9.10. The van der Waals surface area contributed by atoms with Gasteiger partial charge in [0.05, 0.1) is 10.2 Å². The summed E-state index contributed by atoms with van der Waals surface area (Å²) in [5, 5.41) is 2.49. The predicted octanol–water partition coefficient (Wildman–Crippen LogP) is 5.16. The fraction of sp³-hybridized carbons (Fsp3) is 0.118. The van der Waals surface area contributed by atoms with Crippen LogP contribution in [0.2, 0.25) is 0 Å². The molecule has 1 aromatic heterocycles. The summed E-state index contributed by atoms with van der Waals surface area (Å²) in [4.78, 5) is 6.74. The second kappa shape index (κ2) is 5.63. The van der Waals surface area contributed by atoms with Crippen molar-refractivity contribution in [2.45, 2.75) is 6.92 Å². The van der Waals surface area contributed by atoms with Gasteiger partial charge in [0.15, 0.2) is 0 Å². The van der Waals surface area contributed by atoms with Crippen LogP contribution in [0.1, 0.15) is 6.92 Å². The van der Waals surface area contributed by atoms with Crippen molar-refractivity contribution >= 4 is 38.2 Å². The van der Waals surface area contributed by atoms with Crippen LogP contribution < -0.4 is 4.90 Å². The highest BCUT2D eigenvalue weighted by Gasteiger charge is 2.13. The number of nitrogens with zero attached hydrogens (tertiary/aromatic N) is 2. The molecular formula is C17H15BrN2. The van der Waals surface area contributed by atoms with Crippen LogP contribution in [0.3, 0.4) is 0 Å². The third kappa shape index (κ3) is 2.29. The van der Waals surface area contributed by atoms with Gasteiger partial charge in [-0.2, -0.15) is 0 Å². The number of hydrogen-bond donors (Lipinski definition) is 0. The first kappa shape index (κ1) is 13.1. The Morgan fingerprint density at radius 2 is 1.80 bits per heavy atom. The van der Waals surface area contributed by atoms with Crippen LogP contribution in [-0.4, -0.2) is 11.5 Å². The molecule has 2 nitrogen and oxygen atoms in total. The van der Waals surface area contributed by atoms with E-state index < -0.39 is 0 Å². The molecular weight excluding hydrogens is 312 g/mol. The Hall–Kier alpha value is -1.87. The van der Waals surface area contributed by atoms with Crippen molar-refractivity contribution in [2.24, 2.45) is 0 Å². The lowest BCUT2D eigenvalue weighted by atomic mass is 10.1. The minimum absolute atomic E-state index is 0.865. The summed E-state index contributed by atoms with van der Waals surface area (Å²) in [6, 6.07) is 18.8. The number of pyridine rings is 1. The molecule has 0 aliphatic carbocycles. The molecule has 0 amide bonds. The first-order valence-electron chi connectivity index (χ1n) is 6.67. The summed E-state index contributed by atoms with van der Waals surface area (Å²) in [5.74, 6) is 0.950. The molecule has 20 heavy (non-hydrogen) atoms. The lowest BCUT2D eigenvalue weighted by Gasteiger charge is -2.24. The van der Waals surface area contributed by atoms with Gasteiger partial charge in [-0.3, -0.25) is 0 Å². The summed E-state index contributed by atoms with van der Waals surface area (Å²) < 4.78 is 1.01. The normalized spacial score (nSPS) is 10.7. The maximum Gasteiger partial charge on any atom is 0.147 e. The Kier molecular flexibility index (Phi) is 3.70. The lowest BCUT2D eigenvalue weighted by molar-refractivity contribution is 0.990. The van der Waals surface area contributed by atoms with Gasteiger partial charge in [0.1, 0.15) is 5.82 Å². The molecule has 2 aromatic carbocycles. The molecule has 3 aromatic rings. The van der Waals surface area contributed by atoms with E-state index in [1.165, 1.54) is 16.5 Å². The predicted molar refractivity (Wildman–Crippen MR) is 88.6 cm³/mol. The molecule has 0 spiro atoms. The third-order valence-corrected chi connectivity index (χ3v) is 3.99. The van der Waals surface area contributed by atoms with Crippen molar-refractivity contribution in [3.8, 4) is 0 Å². The molecule has 1 heterocycles. The number of anilines is 2. The van der Waals surface area contributed by atoms with Crippen LogP contribution in [0.5, 0.6) is 0 Å². The van der Waals surface area contributed by atoms with Gasteiger partial charge in [-0.05, 0) is 46.4 Å². The average molecular weight is 327 g/mol. The number of rotatable bonds is 3. The topological polar surface area (TPSA) is 16.1 Å². The van der Waals surface area contributed by atoms with Crippen molar-refractivity contribution in [3.63, 3.8) is 0 Å². The molecule has 0 N–H and O–H groups in total. The number of hydrogen-bond acceptors (Lipinski definition) is 2. The van der Waals surface area contributed by atoms with Crippen molar-refractivity contribution < 1.29 is 0 Å². The van der Waals surface area contributed by atoms with Crippen molar-refractivity contribution in [3.05, 3.63) is 65.3 Å². The quantitative estimate of drug-likeness (QED) is 0.661. The SMILES string of the molecule is CCN(c1ncccc1Br)c1cccc2ccccc12. The van der Waals surface area contributed by atoms with Crippen LogP contribution in [0.4, 0.5) is 11.5 Å². The first-order valence-corrected chi connectivity index (χ1v) is 7.46. The molecule has 3 rings (SSSR count). The molecule has 0 unspecified atom stereocenters. The van der Waals surface area contributed by atoms with E-state index in [1.807, 2.05) is 18.3 Å². The Morgan fingerprint density at radius 3 is 2.60 bits per heavy atom. The number of halogens is 1. The number of aromatic nitrogens is 1. The van der Waals surface area contributed by atoms with E-state index in [9.17, 15) is 0 Å². The zero-order valence-corrected chi connectivity index (χ0v) is 12.8. The number of fused-ring (bicyclic) bond motifs is 1. The lowest BCUT2D eigenvalue weighted by Crippen LogP contribution is -2.18. The Morgan fingerprint density at radius 1 is 1.00 bits per heavy atom. The molecule has 100 valence electrons. The Balaban J connectivity index is 2.20. The van der Waals surface area contributed by atoms with E-state index in [1.54, 1.807) is 0 Å². The maximum atomic E-state index is 4.51. The third-order valence-electron chi connectivity index (χ3n) is 3.37. The van der Waals surface area contributed by atoms with Gasteiger partial charge in [0.2, 0.25) is 0 Å². The van der Waals surface area contributed by atoms with Crippen LogP contribution in [-0.2, 0) is 0 Å². The summed E-state index contributed by atoms with van der Waals surface area (Å²) in [7, 11) is 0.